The van der Waals surface area contributed by atoms with Crippen molar-refractivity contribution in [2.24, 2.45) is 0 Å². The first-order valence-corrected chi connectivity index (χ1v) is 7.97. The van der Waals surface area contributed by atoms with Crippen LogP contribution in [0.15, 0.2) is 66.9 Å². The minimum Gasteiger partial charge on any atom is -0.384 e. The van der Waals surface area contributed by atoms with Crippen LogP contribution in [0.5, 0.6) is 0 Å². The highest BCUT2D eigenvalue weighted by Gasteiger charge is 2.10. The molecule has 114 valence electrons. The molecule has 0 saturated heterocycles. The number of nitrogens with one attached hydrogen (secondary N) is 2. The Morgan fingerprint density at radius 2 is 1.78 bits per heavy atom. The first-order valence-electron chi connectivity index (χ1n) is 7.97. The van der Waals surface area contributed by atoms with E-state index in [-0.39, 0.29) is 0 Å². The van der Waals surface area contributed by atoms with E-state index < -0.39 is 0 Å². The van der Waals surface area contributed by atoms with Crippen LogP contribution in [-0.4, -0.2) is 16.5 Å². The molecule has 0 fully saturated rings. The highest BCUT2D eigenvalue weighted by molar-refractivity contribution is 6.11. The zero-order chi connectivity index (χ0) is 15.6. The van der Waals surface area contributed by atoms with E-state index in [4.69, 9.17) is 0 Å². The van der Waals surface area contributed by atoms with Crippen molar-refractivity contribution in [2.45, 2.75) is 12.8 Å². The van der Waals surface area contributed by atoms with Gasteiger partial charge in [0.25, 0.3) is 0 Å². The zero-order valence-corrected chi connectivity index (χ0v) is 13.1. The average Bonchev–Trinajstić information content (AvgIpc) is 2.99. The van der Waals surface area contributed by atoms with E-state index in [2.05, 4.69) is 76.8 Å². The summed E-state index contributed by atoms with van der Waals surface area (Å²) in [6.45, 7) is 3.14. The van der Waals surface area contributed by atoms with Crippen molar-refractivity contribution in [3.05, 3.63) is 72.4 Å². The highest BCUT2D eigenvalue weighted by Crippen LogP contribution is 2.30. The Balaban J connectivity index is 1.67. The molecule has 4 rings (SSSR count). The highest BCUT2D eigenvalue weighted by atomic mass is 14.9. The number of aromatic amines is 1. The van der Waals surface area contributed by atoms with Crippen LogP contribution in [0.4, 0.5) is 5.69 Å². The summed E-state index contributed by atoms with van der Waals surface area (Å²) in [5, 5.41) is 5.99. The van der Waals surface area contributed by atoms with Gasteiger partial charge >= 0.3 is 0 Å². The number of hydrogen-bond donors (Lipinski definition) is 2. The smallest absolute Gasteiger partial charge is 0.140 e. The van der Waals surface area contributed by atoms with Crippen LogP contribution in [0.2, 0.25) is 0 Å². The summed E-state index contributed by atoms with van der Waals surface area (Å²) in [6.07, 6.45) is 1.85. The molecule has 0 unspecified atom stereocenters. The van der Waals surface area contributed by atoms with Crippen LogP contribution in [0.1, 0.15) is 18.4 Å². The molecule has 23 heavy (non-hydrogen) atoms. The summed E-state index contributed by atoms with van der Waals surface area (Å²) in [5.41, 5.74) is 4.54. The number of rotatable bonds is 4. The number of para-hydroxylation sites is 1. The SMILES string of the molecule is C[C@H](CNc1ccnc2[nH]c3ccccc3c12)c1ccccc1. The minimum atomic E-state index is 0.449. The number of anilines is 1. The molecule has 3 heteroatoms. The topological polar surface area (TPSA) is 40.7 Å². The molecule has 0 saturated carbocycles. The Bertz CT molecular complexity index is 941. The van der Waals surface area contributed by atoms with Crippen molar-refractivity contribution in [2.75, 3.05) is 11.9 Å². The van der Waals surface area contributed by atoms with Gasteiger partial charge in [0, 0.05) is 34.7 Å². The molecule has 2 aromatic carbocycles. The van der Waals surface area contributed by atoms with E-state index in [1.807, 2.05) is 12.3 Å². The molecular weight excluding hydrogens is 282 g/mol. The van der Waals surface area contributed by atoms with Crippen molar-refractivity contribution in [1.29, 1.82) is 0 Å². The molecule has 0 aliphatic carbocycles. The molecule has 2 heterocycles. The van der Waals surface area contributed by atoms with E-state index in [0.29, 0.717) is 5.92 Å². The third kappa shape index (κ3) is 2.55. The van der Waals surface area contributed by atoms with Gasteiger partial charge in [0.2, 0.25) is 0 Å². The monoisotopic (exact) mass is 301 g/mol. The second-order valence-corrected chi connectivity index (χ2v) is 5.95. The third-order valence-corrected chi connectivity index (χ3v) is 4.37. The van der Waals surface area contributed by atoms with Crippen LogP contribution >= 0.6 is 0 Å². The second-order valence-electron chi connectivity index (χ2n) is 5.95. The van der Waals surface area contributed by atoms with Crippen LogP contribution in [0.3, 0.4) is 0 Å². The van der Waals surface area contributed by atoms with E-state index in [9.17, 15) is 0 Å². The normalized spacial score (nSPS) is 12.6. The molecule has 0 aliphatic rings. The Morgan fingerprint density at radius 3 is 2.65 bits per heavy atom. The standard InChI is InChI=1S/C20H19N3/c1-14(15-7-3-2-4-8-15)13-22-18-11-12-21-20-19(18)16-9-5-6-10-17(16)23-20/h2-12,14H,13H2,1H3,(H2,21,22,23)/t14-/m1/s1. The van der Waals surface area contributed by atoms with E-state index in [1.165, 1.54) is 16.3 Å². The summed E-state index contributed by atoms with van der Waals surface area (Å²) in [4.78, 5) is 7.86. The largest absolute Gasteiger partial charge is 0.384 e. The molecule has 2 aromatic heterocycles. The molecule has 0 radical (unpaired) electrons. The van der Waals surface area contributed by atoms with Gasteiger partial charge in [-0.25, -0.2) is 4.98 Å². The number of aromatic nitrogens is 2. The molecule has 0 aliphatic heterocycles. The molecule has 3 nitrogen and oxygen atoms in total. The average molecular weight is 301 g/mol. The number of H-pyrrole nitrogens is 1. The van der Waals surface area contributed by atoms with Crippen molar-refractivity contribution < 1.29 is 0 Å². The first-order chi connectivity index (χ1) is 11.3. The third-order valence-electron chi connectivity index (χ3n) is 4.37. The Labute approximate surface area is 135 Å². The lowest BCUT2D eigenvalue weighted by Crippen LogP contribution is -2.10. The van der Waals surface area contributed by atoms with Gasteiger partial charge in [-0.15, -0.1) is 0 Å². The number of fused-ring (bicyclic) bond motifs is 3. The first kappa shape index (κ1) is 13.8. The second kappa shape index (κ2) is 5.76. The fourth-order valence-electron chi connectivity index (χ4n) is 3.08. The van der Waals surface area contributed by atoms with Crippen LogP contribution in [0.25, 0.3) is 21.9 Å². The van der Waals surface area contributed by atoms with Gasteiger partial charge in [0.15, 0.2) is 0 Å². The van der Waals surface area contributed by atoms with E-state index >= 15 is 0 Å². The molecular formula is C20H19N3. The number of pyridine rings is 1. The molecule has 0 bridgehead atoms. The van der Waals surface area contributed by atoms with Crippen LogP contribution in [-0.2, 0) is 0 Å². The Morgan fingerprint density at radius 1 is 1.00 bits per heavy atom. The van der Waals surface area contributed by atoms with Gasteiger partial charge in [-0.2, -0.15) is 0 Å². The maximum atomic E-state index is 4.47. The lowest BCUT2D eigenvalue weighted by Gasteiger charge is -2.14. The maximum Gasteiger partial charge on any atom is 0.140 e. The summed E-state index contributed by atoms with van der Waals surface area (Å²) >= 11 is 0. The molecule has 1 atom stereocenters. The minimum absolute atomic E-state index is 0.449. The molecule has 2 N–H and O–H groups in total. The summed E-state index contributed by atoms with van der Waals surface area (Å²) < 4.78 is 0. The fourth-order valence-corrected chi connectivity index (χ4v) is 3.08. The van der Waals surface area contributed by atoms with Gasteiger partial charge < -0.3 is 10.3 Å². The van der Waals surface area contributed by atoms with Crippen molar-refractivity contribution in [3.63, 3.8) is 0 Å². The summed E-state index contributed by atoms with van der Waals surface area (Å²) in [7, 11) is 0. The Kier molecular flexibility index (Phi) is 3.46. The number of benzene rings is 2. The van der Waals surface area contributed by atoms with E-state index in [0.717, 1.165) is 23.4 Å². The van der Waals surface area contributed by atoms with Crippen molar-refractivity contribution >= 4 is 27.6 Å². The van der Waals surface area contributed by atoms with E-state index in [1.54, 1.807) is 0 Å². The lowest BCUT2D eigenvalue weighted by molar-refractivity contribution is 0.805. The van der Waals surface area contributed by atoms with Crippen molar-refractivity contribution in [1.82, 2.24) is 9.97 Å². The Hall–Kier alpha value is -2.81. The van der Waals surface area contributed by atoms with Gasteiger partial charge in [-0.05, 0) is 23.6 Å². The van der Waals surface area contributed by atoms with Gasteiger partial charge in [0.1, 0.15) is 5.65 Å². The van der Waals surface area contributed by atoms with Crippen molar-refractivity contribution in [3.8, 4) is 0 Å². The predicted molar refractivity (Wildman–Crippen MR) is 96.9 cm³/mol. The summed E-state index contributed by atoms with van der Waals surface area (Å²) in [6, 6.07) is 21.0. The number of hydrogen-bond acceptors (Lipinski definition) is 2. The molecule has 0 amide bonds. The lowest BCUT2D eigenvalue weighted by atomic mass is 10.0. The van der Waals surface area contributed by atoms with Crippen LogP contribution in [0, 0.1) is 0 Å². The van der Waals surface area contributed by atoms with Gasteiger partial charge in [0.05, 0.1) is 0 Å². The van der Waals surface area contributed by atoms with Gasteiger partial charge in [-0.3, -0.25) is 0 Å². The summed E-state index contributed by atoms with van der Waals surface area (Å²) in [5.74, 6) is 0.449. The molecule has 4 aromatic rings. The zero-order valence-electron chi connectivity index (χ0n) is 13.1. The number of nitrogens with zero attached hydrogens (tertiary/aromatic N) is 1. The molecule has 0 spiro atoms. The fraction of sp³-hybridized carbons (Fsp3) is 0.150. The van der Waals surface area contributed by atoms with Gasteiger partial charge in [-0.1, -0.05) is 55.5 Å². The predicted octanol–water partition coefficient (Wildman–Crippen LogP) is 4.93. The van der Waals surface area contributed by atoms with Crippen LogP contribution < -0.4 is 5.32 Å². The maximum absolute atomic E-state index is 4.47. The quantitative estimate of drug-likeness (QED) is 0.561.